The van der Waals surface area contributed by atoms with E-state index in [4.69, 9.17) is 4.42 Å². The smallest absolute Gasteiger partial charge is 0.242 e. The van der Waals surface area contributed by atoms with E-state index in [0.717, 1.165) is 28.1 Å². The normalized spacial score (nSPS) is 11.9. The van der Waals surface area contributed by atoms with Crippen LogP contribution in [0.15, 0.2) is 82.8 Å². The van der Waals surface area contributed by atoms with Gasteiger partial charge in [0, 0.05) is 5.69 Å². The lowest BCUT2D eigenvalue weighted by Crippen LogP contribution is -2.20. The Bertz CT molecular complexity index is 1120. The molecule has 6 nitrogen and oxygen atoms in total. The van der Waals surface area contributed by atoms with Crippen LogP contribution >= 0.6 is 11.8 Å². The molecule has 0 bridgehead atoms. The lowest BCUT2D eigenvalue weighted by Gasteiger charge is -2.18. The highest BCUT2D eigenvalue weighted by atomic mass is 32.2. The van der Waals surface area contributed by atoms with Crippen LogP contribution in [0.25, 0.3) is 0 Å². The molecule has 0 fully saturated rings. The van der Waals surface area contributed by atoms with Crippen LogP contribution in [-0.2, 0) is 11.3 Å². The van der Waals surface area contributed by atoms with Gasteiger partial charge in [-0.05, 0) is 48.7 Å². The van der Waals surface area contributed by atoms with E-state index in [9.17, 15) is 4.79 Å². The molecule has 1 atom stereocenters. The molecule has 0 aliphatic heterocycles. The molecule has 2 aromatic carbocycles. The number of carbonyl (C=O) groups excluding carboxylic acids is 1. The molecule has 2 heterocycles. The molecule has 0 radical (unpaired) electrons. The van der Waals surface area contributed by atoms with Gasteiger partial charge in [-0.15, -0.1) is 10.2 Å². The van der Waals surface area contributed by atoms with E-state index in [1.54, 1.807) is 12.6 Å². The van der Waals surface area contributed by atoms with E-state index in [2.05, 4.69) is 15.5 Å². The Labute approximate surface area is 179 Å². The van der Waals surface area contributed by atoms with Gasteiger partial charge in [0.25, 0.3) is 0 Å². The highest BCUT2D eigenvalue weighted by molar-refractivity contribution is 8.00. The third kappa shape index (κ3) is 4.63. The van der Waals surface area contributed by atoms with Crippen molar-refractivity contribution in [2.75, 3.05) is 5.32 Å². The zero-order chi connectivity index (χ0) is 20.9. The Kier molecular flexibility index (Phi) is 5.99. The summed E-state index contributed by atoms with van der Waals surface area (Å²) in [5, 5.41) is 11.5. The van der Waals surface area contributed by atoms with Crippen molar-refractivity contribution in [3.8, 4) is 0 Å². The molecular weight excluding hydrogens is 396 g/mol. The zero-order valence-corrected chi connectivity index (χ0v) is 17.6. The van der Waals surface area contributed by atoms with Gasteiger partial charge in [0.2, 0.25) is 5.91 Å². The number of hydrogen-bond donors (Lipinski definition) is 1. The number of nitrogens with one attached hydrogen (secondary N) is 1. The van der Waals surface area contributed by atoms with Crippen molar-refractivity contribution >= 4 is 23.4 Å². The number of thioether (sulfide) groups is 1. The Hall–Kier alpha value is -3.32. The van der Waals surface area contributed by atoms with Crippen LogP contribution in [-0.4, -0.2) is 20.7 Å². The highest BCUT2D eigenvalue weighted by Gasteiger charge is 2.25. The number of rotatable bonds is 7. The van der Waals surface area contributed by atoms with E-state index in [-0.39, 0.29) is 5.91 Å². The second-order valence-electron chi connectivity index (χ2n) is 7.04. The number of nitrogens with zero attached hydrogens (tertiary/aromatic N) is 3. The minimum atomic E-state index is -0.481. The van der Waals surface area contributed by atoms with Crippen molar-refractivity contribution in [2.45, 2.75) is 30.8 Å². The maximum atomic E-state index is 13.3. The molecule has 7 heteroatoms. The lowest BCUT2D eigenvalue weighted by atomic mass is 10.1. The summed E-state index contributed by atoms with van der Waals surface area (Å²) in [6.07, 6.45) is 3.28. The number of furan rings is 1. The fourth-order valence-electron chi connectivity index (χ4n) is 3.09. The molecular formula is C23H22N4O2S. The van der Waals surface area contributed by atoms with E-state index in [1.165, 1.54) is 11.8 Å². The number of aromatic nitrogens is 3. The van der Waals surface area contributed by atoms with E-state index in [1.807, 2.05) is 79.1 Å². The first kappa shape index (κ1) is 20.0. The van der Waals surface area contributed by atoms with E-state index in [0.29, 0.717) is 11.7 Å². The molecule has 0 spiro atoms. The van der Waals surface area contributed by atoms with Gasteiger partial charge in [-0.25, -0.2) is 0 Å². The molecule has 152 valence electrons. The number of benzene rings is 2. The van der Waals surface area contributed by atoms with Crippen LogP contribution in [0.3, 0.4) is 0 Å². The van der Waals surface area contributed by atoms with Gasteiger partial charge in [-0.3, -0.25) is 4.79 Å². The van der Waals surface area contributed by atoms with Crippen LogP contribution in [0.1, 0.15) is 27.7 Å². The minimum Gasteiger partial charge on any atom is -0.467 e. The number of aryl methyl sites for hydroxylation is 2. The predicted octanol–water partition coefficient (Wildman–Crippen LogP) is 5.01. The quantitative estimate of drug-likeness (QED) is 0.427. The molecule has 4 aromatic rings. The van der Waals surface area contributed by atoms with Gasteiger partial charge in [-0.2, -0.15) is 0 Å². The van der Waals surface area contributed by atoms with Gasteiger partial charge in [0.1, 0.15) is 17.3 Å². The van der Waals surface area contributed by atoms with Crippen molar-refractivity contribution in [3.63, 3.8) is 0 Å². The van der Waals surface area contributed by atoms with Crippen molar-refractivity contribution in [1.82, 2.24) is 14.8 Å². The first-order valence-electron chi connectivity index (χ1n) is 9.60. The monoisotopic (exact) mass is 418 g/mol. The van der Waals surface area contributed by atoms with Gasteiger partial charge < -0.3 is 14.3 Å². The largest absolute Gasteiger partial charge is 0.467 e. The molecule has 1 unspecified atom stereocenters. The van der Waals surface area contributed by atoms with Crippen molar-refractivity contribution in [1.29, 1.82) is 0 Å². The number of anilines is 1. The summed E-state index contributed by atoms with van der Waals surface area (Å²) in [6.45, 7) is 4.50. The summed E-state index contributed by atoms with van der Waals surface area (Å²) in [4.78, 5) is 13.3. The summed E-state index contributed by atoms with van der Waals surface area (Å²) in [6, 6.07) is 19.5. The maximum absolute atomic E-state index is 13.3. The van der Waals surface area contributed by atoms with Crippen molar-refractivity contribution in [3.05, 3.63) is 95.7 Å². The van der Waals surface area contributed by atoms with Crippen molar-refractivity contribution in [2.24, 2.45) is 0 Å². The summed E-state index contributed by atoms with van der Waals surface area (Å²) < 4.78 is 7.32. The topological polar surface area (TPSA) is 73.0 Å². The fourth-order valence-corrected chi connectivity index (χ4v) is 4.10. The molecule has 1 N–H and O–H groups in total. The number of carbonyl (C=O) groups is 1. The van der Waals surface area contributed by atoms with E-state index >= 15 is 0 Å². The third-order valence-electron chi connectivity index (χ3n) is 4.70. The molecule has 0 aliphatic rings. The Balaban J connectivity index is 1.61. The highest BCUT2D eigenvalue weighted by Crippen LogP contribution is 2.35. The summed E-state index contributed by atoms with van der Waals surface area (Å²) in [5.41, 5.74) is 3.83. The SMILES string of the molecule is Cc1ccc(C)c(NC(=O)C(Sc2nncn2Cc2ccco2)c2ccccc2)c1. The molecule has 2 aromatic heterocycles. The van der Waals surface area contributed by atoms with Gasteiger partial charge in [-0.1, -0.05) is 54.2 Å². The molecule has 1 amide bonds. The second kappa shape index (κ2) is 9.00. The lowest BCUT2D eigenvalue weighted by molar-refractivity contribution is -0.115. The van der Waals surface area contributed by atoms with Gasteiger partial charge in [0.05, 0.1) is 12.8 Å². The summed E-state index contributed by atoms with van der Waals surface area (Å²) >= 11 is 1.37. The third-order valence-corrected chi connectivity index (χ3v) is 5.95. The Morgan fingerprint density at radius 2 is 1.97 bits per heavy atom. The summed E-state index contributed by atoms with van der Waals surface area (Å²) in [7, 11) is 0. The zero-order valence-electron chi connectivity index (χ0n) is 16.8. The van der Waals surface area contributed by atoms with Crippen LogP contribution in [0.5, 0.6) is 0 Å². The standard InChI is InChI=1S/C23H22N4O2S/c1-16-10-11-17(2)20(13-16)25-22(28)21(18-7-4-3-5-8-18)30-23-26-24-15-27(23)14-19-9-6-12-29-19/h3-13,15,21H,14H2,1-2H3,(H,25,28). The second-order valence-corrected chi connectivity index (χ2v) is 8.11. The first-order valence-corrected chi connectivity index (χ1v) is 10.5. The van der Waals surface area contributed by atoms with Crippen molar-refractivity contribution < 1.29 is 9.21 Å². The fraction of sp³-hybridized carbons (Fsp3) is 0.174. The van der Waals surface area contributed by atoms with E-state index < -0.39 is 5.25 Å². The molecule has 4 rings (SSSR count). The van der Waals surface area contributed by atoms with Crippen LogP contribution < -0.4 is 5.32 Å². The predicted molar refractivity (Wildman–Crippen MR) is 117 cm³/mol. The minimum absolute atomic E-state index is 0.104. The maximum Gasteiger partial charge on any atom is 0.242 e. The average molecular weight is 419 g/mol. The molecule has 0 aliphatic carbocycles. The van der Waals surface area contributed by atoms with Crippen LogP contribution in [0.2, 0.25) is 0 Å². The number of amides is 1. The molecule has 0 saturated heterocycles. The van der Waals surface area contributed by atoms with Gasteiger partial charge >= 0.3 is 0 Å². The average Bonchev–Trinajstić information content (AvgIpc) is 3.42. The number of hydrogen-bond acceptors (Lipinski definition) is 5. The Morgan fingerprint density at radius 3 is 2.73 bits per heavy atom. The molecule has 0 saturated carbocycles. The van der Waals surface area contributed by atoms with Gasteiger partial charge in [0.15, 0.2) is 5.16 Å². The Morgan fingerprint density at radius 1 is 1.13 bits per heavy atom. The first-order chi connectivity index (χ1) is 14.6. The molecule has 30 heavy (non-hydrogen) atoms. The summed E-state index contributed by atoms with van der Waals surface area (Å²) in [5.74, 6) is 0.695. The van der Waals surface area contributed by atoms with Crippen LogP contribution in [0.4, 0.5) is 5.69 Å². The van der Waals surface area contributed by atoms with Crippen LogP contribution in [0, 0.1) is 13.8 Å².